The van der Waals surface area contributed by atoms with Crippen molar-refractivity contribution in [1.29, 1.82) is 0 Å². The molecular weight excluding hydrogens is 315 g/mol. The van der Waals surface area contributed by atoms with E-state index in [4.69, 9.17) is 28.4 Å². The van der Waals surface area contributed by atoms with Crippen LogP contribution >= 0.6 is 23.2 Å². The molecule has 0 atom stereocenters. The maximum absolute atomic E-state index is 11.9. The van der Waals surface area contributed by atoms with E-state index < -0.39 is 37.6 Å². The van der Waals surface area contributed by atoms with Crippen LogP contribution in [0, 0.1) is 10.1 Å². The van der Waals surface area contributed by atoms with E-state index in [1.165, 1.54) is 0 Å². The molecule has 20 heavy (non-hydrogen) atoms. The van der Waals surface area contributed by atoms with E-state index in [0.717, 1.165) is 6.07 Å². The summed E-state index contributed by atoms with van der Waals surface area (Å²) in [6, 6.07) is 1.09. The van der Waals surface area contributed by atoms with Gasteiger partial charge in [0.1, 0.15) is 10.4 Å². The Morgan fingerprint density at radius 3 is 2.45 bits per heavy atom. The molecule has 11 heteroatoms. The zero-order chi connectivity index (χ0) is 15.0. The Kier molecular flexibility index (Phi) is 3.47. The number of nitro groups is 1. The van der Waals surface area contributed by atoms with Crippen LogP contribution in [0.4, 0.5) is 5.69 Å². The van der Waals surface area contributed by atoms with Gasteiger partial charge in [-0.05, 0) is 6.07 Å². The molecule has 0 saturated heterocycles. The van der Waals surface area contributed by atoms with Crippen molar-refractivity contribution in [3.63, 3.8) is 0 Å². The Morgan fingerprint density at radius 2 is 1.90 bits per heavy atom. The van der Waals surface area contributed by atoms with Gasteiger partial charge in [0.05, 0.1) is 15.5 Å². The van der Waals surface area contributed by atoms with Crippen molar-refractivity contribution < 1.29 is 10.1 Å². The summed E-state index contributed by atoms with van der Waals surface area (Å²) >= 11 is 11.4. The van der Waals surface area contributed by atoms with Crippen molar-refractivity contribution >= 4 is 39.8 Å². The normalized spacial score (nSPS) is 11.8. The van der Waals surface area contributed by atoms with E-state index in [-0.39, 0.29) is 10.5 Å². The van der Waals surface area contributed by atoms with Crippen LogP contribution in [-0.4, -0.2) is 20.1 Å². The number of rotatable bonds is 1. The van der Waals surface area contributed by atoms with Crippen molar-refractivity contribution in [1.82, 2.24) is 9.97 Å². The quantitative estimate of drug-likeness (QED) is 0.403. The molecule has 0 aliphatic rings. The number of H-pyrrole nitrogens is 2. The number of aromatic amines is 2. The first-order valence-corrected chi connectivity index (χ1v) is 5.63. The van der Waals surface area contributed by atoms with Crippen molar-refractivity contribution in [2.75, 3.05) is 0 Å². The van der Waals surface area contributed by atoms with Crippen molar-refractivity contribution in [3.8, 4) is 0 Å². The van der Waals surface area contributed by atoms with Gasteiger partial charge in [-0.3, -0.25) is 24.7 Å². The first kappa shape index (κ1) is 14.0. The topological polar surface area (TPSA) is 141 Å². The van der Waals surface area contributed by atoms with Gasteiger partial charge in [0.2, 0.25) is 5.49 Å². The zero-order valence-corrected chi connectivity index (χ0v) is 10.8. The molecule has 9 nitrogen and oxygen atoms in total. The molecule has 104 valence electrons. The number of hydrogen-bond donors (Lipinski definition) is 3. The van der Waals surface area contributed by atoms with Crippen LogP contribution in [-0.2, 0) is 0 Å². The van der Waals surface area contributed by atoms with Gasteiger partial charge in [-0.15, -0.1) is 0 Å². The number of hydrogen-bond acceptors (Lipinski definition) is 6. The first-order chi connectivity index (χ1) is 9.36. The number of halogens is 2. The van der Waals surface area contributed by atoms with Gasteiger partial charge in [0, 0.05) is 0 Å². The molecule has 1 aromatic carbocycles. The summed E-state index contributed by atoms with van der Waals surface area (Å²) in [4.78, 5) is 37.7. The van der Waals surface area contributed by atoms with Crippen LogP contribution in [0.15, 0.2) is 20.8 Å². The average Bonchev–Trinajstić information content (AvgIpc) is 2.48. The molecule has 0 unspecified atom stereocenters. The number of nitrogens with one attached hydrogen (secondary N) is 2. The molecule has 0 radical (unpaired) electrons. The summed E-state index contributed by atoms with van der Waals surface area (Å²) in [6.45, 7) is 0. The molecule has 2 rings (SSSR count). The maximum atomic E-state index is 11.9. The van der Waals surface area contributed by atoms with Crippen molar-refractivity contribution in [3.05, 3.63) is 52.4 Å². The molecule has 0 bridgehead atoms. The summed E-state index contributed by atoms with van der Waals surface area (Å²) in [5, 5.41) is 21.1. The molecule has 1 heterocycles. The zero-order valence-electron chi connectivity index (χ0n) is 9.31. The average molecular weight is 319 g/mol. The van der Waals surface area contributed by atoms with Gasteiger partial charge in [-0.25, -0.2) is 0 Å². The molecular formula is C9H4Cl2N4O5. The second-order valence-corrected chi connectivity index (χ2v) is 4.34. The monoisotopic (exact) mass is 318 g/mol. The van der Waals surface area contributed by atoms with Crippen LogP contribution in [0.25, 0.3) is 10.9 Å². The Hall–Kier alpha value is -2.39. The Bertz CT molecular complexity index is 917. The molecule has 0 aliphatic carbocycles. The first-order valence-electron chi connectivity index (χ1n) is 4.88. The lowest BCUT2D eigenvalue weighted by Gasteiger charge is -2.00. The van der Waals surface area contributed by atoms with Crippen molar-refractivity contribution in [2.45, 2.75) is 0 Å². The second-order valence-electron chi connectivity index (χ2n) is 3.56. The predicted molar refractivity (Wildman–Crippen MR) is 69.2 cm³/mol. The van der Waals surface area contributed by atoms with E-state index in [0.29, 0.717) is 0 Å². The number of benzene rings is 1. The highest BCUT2D eigenvalue weighted by atomic mass is 35.5. The Morgan fingerprint density at radius 1 is 1.25 bits per heavy atom. The fraction of sp³-hybridized carbons (Fsp3) is 0. The van der Waals surface area contributed by atoms with Gasteiger partial charge in [0.15, 0.2) is 0 Å². The number of nitrogens with zero attached hydrogens (tertiary/aromatic N) is 2. The molecule has 0 amide bonds. The molecule has 1 aromatic heterocycles. The summed E-state index contributed by atoms with van der Waals surface area (Å²) < 4.78 is 0. The standard InChI is InChI=1S/C9H4Cl2N4O5/c10-2-1-3-4(6(5(2)11)15(19)20)8(16)13-7(14-18)9(17)12-3/h1,18H,(H2,12,13,14,16,17). The SMILES string of the molecule is O=c1[nH]c2cc(Cl)c(Cl)c([N+](=O)[O-])c2c(=O)[nH]c1=NO. The van der Waals surface area contributed by atoms with Crippen LogP contribution in [0.5, 0.6) is 0 Å². The van der Waals surface area contributed by atoms with Crippen LogP contribution in [0.2, 0.25) is 10.0 Å². The summed E-state index contributed by atoms with van der Waals surface area (Å²) in [5.41, 5.74) is -3.69. The largest absolute Gasteiger partial charge is 0.409 e. The minimum absolute atomic E-state index is 0.213. The predicted octanol–water partition coefficient (Wildman–Crippen LogP) is 0.721. The summed E-state index contributed by atoms with van der Waals surface area (Å²) in [5.74, 6) is 0. The van der Waals surface area contributed by atoms with E-state index >= 15 is 0 Å². The lowest BCUT2D eigenvalue weighted by atomic mass is 10.2. The highest BCUT2D eigenvalue weighted by molar-refractivity contribution is 6.44. The minimum Gasteiger partial charge on any atom is -0.409 e. The van der Waals surface area contributed by atoms with Gasteiger partial charge in [-0.1, -0.05) is 28.4 Å². The number of nitro benzene ring substituents is 1. The maximum Gasteiger partial charge on any atom is 0.304 e. The Balaban J connectivity index is 3.28. The molecule has 2 aromatic rings. The van der Waals surface area contributed by atoms with Gasteiger partial charge in [-0.2, -0.15) is 0 Å². The highest BCUT2D eigenvalue weighted by Gasteiger charge is 2.23. The van der Waals surface area contributed by atoms with Gasteiger partial charge < -0.3 is 10.2 Å². The molecule has 0 aliphatic heterocycles. The fourth-order valence-corrected chi connectivity index (χ4v) is 2.01. The summed E-state index contributed by atoms with van der Waals surface area (Å²) in [7, 11) is 0. The number of fused-ring (bicyclic) bond motifs is 1. The third-order valence-electron chi connectivity index (χ3n) is 2.40. The highest BCUT2D eigenvalue weighted by Crippen LogP contribution is 2.35. The smallest absolute Gasteiger partial charge is 0.304 e. The van der Waals surface area contributed by atoms with Gasteiger partial charge in [0.25, 0.3) is 11.1 Å². The van der Waals surface area contributed by atoms with Crippen molar-refractivity contribution in [2.24, 2.45) is 5.16 Å². The molecule has 3 N–H and O–H groups in total. The second kappa shape index (κ2) is 4.94. The van der Waals surface area contributed by atoms with E-state index in [1.54, 1.807) is 0 Å². The molecule has 0 spiro atoms. The minimum atomic E-state index is -1.03. The Labute approximate surface area is 118 Å². The summed E-state index contributed by atoms with van der Waals surface area (Å²) in [6.07, 6.45) is 0. The van der Waals surface area contributed by atoms with E-state index in [9.17, 15) is 19.7 Å². The van der Waals surface area contributed by atoms with Crippen LogP contribution in [0.1, 0.15) is 0 Å². The molecule has 0 fully saturated rings. The van der Waals surface area contributed by atoms with Crippen LogP contribution in [0.3, 0.4) is 0 Å². The molecule has 0 saturated carbocycles. The van der Waals surface area contributed by atoms with Gasteiger partial charge >= 0.3 is 5.69 Å². The van der Waals surface area contributed by atoms with E-state index in [2.05, 4.69) is 10.1 Å². The van der Waals surface area contributed by atoms with Crippen LogP contribution < -0.4 is 16.6 Å². The fourth-order valence-electron chi connectivity index (χ4n) is 1.59. The van der Waals surface area contributed by atoms with E-state index in [1.807, 2.05) is 4.98 Å². The number of aromatic nitrogens is 2. The lowest BCUT2D eigenvalue weighted by Crippen LogP contribution is -2.30. The third kappa shape index (κ3) is 2.12. The lowest BCUT2D eigenvalue weighted by molar-refractivity contribution is -0.383. The third-order valence-corrected chi connectivity index (χ3v) is 3.18.